The first-order valence-electron chi connectivity index (χ1n) is 8.61. The summed E-state index contributed by atoms with van der Waals surface area (Å²) in [5, 5.41) is 16.4. The van der Waals surface area contributed by atoms with Gasteiger partial charge in [0.2, 0.25) is 0 Å². The van der Waals surface area contributed by atoms with Crippen LogP contribution in [0.1, 0.15) is 18.1 Å². The fourth-order valence-electron chi connectivity index (χ4n) is 2.27. The minimum Gasteiger partial charge on any atom is -0.491 e. The van der Waals surface area contributed by atoms with E-state index >= 15 is 0 Å². The largest absolute Gasteiger partial charge is 0.491 e. The molecule has 0 aliphatic rings. The van der Waals surface area contributed by atoms with Crippen LogP contribution in [0.25, 0.3) is 0 Å². The van der Waals surface area contributed by atoms with Crippen molar-refractivity contribution >= 4 is 5.96 Å². The molecular weight excluding hydrogens is 314 g/mol. The van der Waals surface area contributed by atoms with Crippen LogP contribution in [0.2, 0.25) is 0 Å². The van der Waals surface area contributed by atoms with E-state index in [1.54, 1.807) is 0 Å². The maximum atomic E-state index is 10.1. The number of aryl methyl sites for hydroxylation is 1. The summed E-state index contributed by atoms with van der Waals surface area (Å²) in [4.78, 5) is 4.53. The molecule has 1 unspecified atom stereocenters. The van der Waals surface area contributed by atoms with Crippen LogP contribution in [0.4, 0.5) is 0 Å². The molecule has 0 spiro atoms. The van der Waals surface area contributed by atoms with Crippen LogP contribution < -0.4 is 15.4 Å². The molecule has 0 saturated carbocycles. The molecule has 0 amide bonds. The number of aliphatic hydroxyl groups is 1. The summed E-state index contributed by atoms with van der Waals surface area (Å²) in [7, 11) is 0. The smallest absolute Gasteiger partial charge is 0.191 e. The first-order valence-corrected chi connectivity index (χ1v) is 8.61. The Balaban J connectivity index is 1.79. The summed E-state index contributed by atoms with van der Waals surface area (Å²) in [6.07, 6.45) is -0.624. The number of hydrogen-bond donors (Lipinski definition) is 3. The number of nitrogens with one attached hydrogen (secondary N) is 2. The van der Waals surface area contributed by atoms with E-state index in [2.05, 4.69) is 15.6 Å². The fraction of sp³-hybridized carbons (Fsp3) is 0.350. The standard InChI is InChI=1S/C20H27N3O2/c1-3-21-20(22-13-17-9-5-4-6-10-17)23-14-18(24)15-25-19-11-7-8-16(2)12-19/h4-12,18,24H,3,13-15H2,1-2H3,(H2,21,22,23). The zero-order valence-electron chi connectivity index (χ0n) is 14.9. The van der Waals surface area contributed by atoms with E-state index in [0.717, 1.165) is 23.4 Å². The lowest BCUT2D eigenvalue weighted by Crippen LogP contribution is -2.42. The van der Waals surface area contributed by atoms with Crippen LogP contribution in [-0.4, -0.2) is 36.9 Å². The van der Waals surface area contributed by atoms with Crippen LogP contribution in [0.15, 0.2) is 59.6 Å². The minimum absolute atomic E-state index is 0.231. The SMILES string of the molecule is CCNC(=NCc1ccccc1)NCC(O)COc1cccc(C)c1. The molecule has 2 aromatic rings. The maximum absolute atomic E-state index is 10.1. The van der Waals surface area contributed by atoms with E-state index in [4.69, 9.17) is 4.74 Å². The van der Waals surface area contributed by atoms with Crippen LogP contribution in [0.5, 0.6) is 5.75 Å². The Bertz CT molecular complexity index is 659. The number of ether oxygens (including phenoxy) is 1. The van der Waals surface area contributed by atoms with Crippen molar-refractivity contribution in [3.8, 4) is 5.75 Å². The van der Waals surface area contributed by atoms with Crippen LogP contribution in [0.3, 0.4) is 0 Å². The Morgan fingerprint density at radius 3 is 2.64 bits per heavy atom. The zero-order chi connectivity index (χ0) is 17.9. The number of rotatable bonds is 8. The van der Waals surface area contributed by atoms with Gasteiger partial charge >= 0.3 is 0 Å². The van der Waals surface area contributed by atoms with Gasteiger partial charge in [-0.15, -0.1) is 0 Å². The fourth-order valence-corrected chi connectivity index (χ4v) is 2.27. The van der Waals surface area contributed by atoms with Gasteiger partial charge in [-0.2, -0.15) is 0 Å². The van der Waals surface area contributed by atoms with Crippen LogP contribution in [0, 0.1) is 6.92 Å². The quantitative estimate of drug-likeness (QED) is 0.510. The highest BCUT2D eigenvalue weighted by atomic mass is 16.5. The number of benzene rings is 2. The molecule has 0 aromatic heterocycles. The first kappa shape index (κ1) is 18.8. The van der Waals surface area contributed by atoms with Gasteiger partial charge in [0.15, 0.2) is 5.96 Å². The van der Waals surface area contributed by atoms with Gasteiger partial charge in [-0.25, -0.2) is 4.99 Å². The molecule has 5 nitrogen and oxygen atoms in total. The maximum Gasteiger partial charge on any atom is 0.191 e. The number of aliphatic hydroxyl groups excluding tert-OH is 1. The topological polar surface area (TPSA) is 65.9 Å². The van der Waals surface area contributed by atoms with Gasteiger partial charge in [-0.3, -0.25) is 0 Å². The third-order valence-electron chi connectivity index (χ3n) is 3.54. The van der Waals surface area contributed by atoms with E-state index in [9.17, 15) is 5.11 Å². The molecule has 25 heavy (non-hydrogen) atoms. The predicted octanol–water partition coefficient (Wildman–Crippen LogP) is 2.49. The number of hydrogen-bond acceptors (Lipinski definition) is 3. The molecule has 0 aliphatic carbocycles. The summed E-state index contributed by atoms with van der Waals surface area (Å²) >= 11 is 0. The van der Waals surface area contributed by atoms with Crippen molar-refractivity contribution in [3.63, 3.8) is 0 Å². The Morgan fingerprint density at radius 1 is 1.12 bits per heavy atom. The summed E-state index contributed by atoms with van der Waals surface area (Å²) in [6.45, 7) is 5.97. The molecule has 0 saturated heterocycles. The van der Waals surface area contributed by atoms with Crippen molar-refractivity contribution in [1.29, 1.82) is 0 Å². The highest BCUT2D eigenvalue weighted by Gasteiger charge is 2.07. The Kier molecular flexibility index (Phi) is 7.79. The van der Waals surface area contributed by atoms with E-state index in [-0.39, 0.29) is 6.61 Å². The van der Waals surface area contributed by atoms with Crippen molar-refractivity contribution in [1.82, 2.24) is 10.6 Å². The van der Waals surface area contributed by atoms with E-state index < -0.39 is 6.10 Å². The molecule has 0 fully saturated rings. The molecule has 0 radical (unpaired) electrons. The monoisotopic (exact) mass is 341 g/mol. The van der Waals surface area contributed by atoms with Crippen molar-refractivity contribution in [2.75, 3.05) is 19.7 Å². The second-order valence-corrected chi connectivity index (χ2v) is 5.84. The molecule has 0 aliphatic heterocycles. The molecule has 5 heteroatoms. The van der Waals surface area contributed by atoms with Crippen molar-refractivity contribution in [3.05, 3.63) is 65.7 Å². The average Bonchev–Trinajstić information content (AvgIpc) is 2.63. The van der Waals surface area contributed by atoms with Gasteiger partial charge < -0.3 is 20.5 Å². The van der Waals surface area contributed by atoms with E-state index in [1.165, 1.54) is 0 Å². The highest BCUT2D eigenvalue weighted by molar-refractivity contribution is 5.79. The molecule has 134 valence electrons. The molecular formula is C20H27N3O2. The normalized spacial score (nSPS) is 12.5. The molecule has 3 N–H and O–H groups in total. The Hall–Kier alpha value is -2.53. The van der Waals surface area contributed by atoms with Crippen molar-refractivity contribution < 1.29 is 9.84 Å². The summed E-state index contributed by atoms with van der Waals surface area (Å²) in [6, 6.07) is 17.8. The number of guanidine groups is 1. The first-order chi connectivity index (χ1) is 12.2. The van der Waals surface area contributed by atoms with Gasteiger partial charge in [0, 0.05) is 13.1 Å². The highest BCUT2D eigenvalue weighted by Crippen LogP contribution is 2.12. The molecule has 2 rings (SSSR count). The summed E-state index contributed by atoms with van der Waals surface area (Å²) in [5.74, 6) is 1.45. The Labute approximate surface area is 149 Å². The lowest BCUT2D eigenvalue weighted by molar-refractivity contribution is 0.110. The van der Waals surface area contributed by atoms with Crippen molar-refractivity contribution in [2.24, 2.45) is 4.99 Å². The third-order valence-corrected chi connectivity index (χ3v) is 3.54. The van der Waals surface area contributed by atoms with E-state index in [0.29, 0.717) is 19.0 Å². The minimum atomic E-state index is -0.624. The van der Waals surface area contributed by atoms with Crippen molar-refractivity contribution in [2.45, 2.75) is 26.5 Å². The van der Waals surface area contributed by atoms with Crippen LogP contribution in [-0.2, 0) is 6.54 Å². The van der Waals surface area contributed by atoms with Gasteiger partial charge in [0.25, 0.3) is 0 Å². The number of aliphatic imine (C=N–C) groups is 1. The van der Waals surface area contributed by atoms with Gasteiger partial charge in [0.05, 0.1) is 6.54 Å². The van der Waals surface area contributed by atoms with Gasteiger partial charge in [-0.05, 0) is 37.1 Å². The average molecular weight is 341 g/mol. The lowest BCUT2D eigenvalue weighted by Gasteiger charge is -2.16. The van der Waals surface area contributed by atoms with Gasteiger partial charge in [0.1, 0.15) is 18.5 Å². The van der Waals surface area contributed by atoms with E-state index in [1.807, 2.05) is 68.4 Å². The second-order valence-electron chi connectivity index (χ2n) is 5.84. The molecule has 0 bridgehead atoms. The lowest BCUT2D eigenvalue weighted by atomic mass is 10.2. The predicted molar refractivity (Wildman–Crippen MR) is 102 cm³/mol. The molecule has 0 heterocycles. The van der Waals surface area contributed by atoms with Crippen LogP contribution >= 0.6 is 0 Å². The summed E-state index contributed by atoms with van der Waals surface area (Å²) in [5.41, 5.74) is 2.27. The number of nitrogens with zero attached hydrogens (tertiary/aromatic N) is 1. The zero-order valence-corrected chi connectivity index (χ0v) is 14.9. The van der Waals surface area contributed by atoms with Gasteiger partial charge in [-0.1, -0.05) is 42.5 Å². The summed E-state index contributed by atoms with van der Waals surface area (Å²) < 4.78 is 5.62. The molecule has 2 aromatic carbocycles. The second kappa shape index (κ2) is 10.4. The Morgan fingerprint density at radius 2 is 1.92 bits per heavy atom. The third kappa shape index (κ3) is 7.27. The molecule has 1 atom stereocenters.